The van der Waals surface area contributed by atoms with Gasteiger partial charge in [-0.25, -0.2) is 19.2 Å². The summed E-state index contributed by atoms with van der Waals surface area (Å²) < 4.78 is 28.2. The number of rotatable bonds is 4. The maximum Gasteiger partial charge on any atom is 0.229 e. The number of hydrogen-bond donors (Lipinski definition) is 4. The first-order valence-electron chi connectivity index (χ1n) is 12.6. The minimum Gasteiger partial charge on any atom is -0.353 e. The largest absolute Gasteiger partial charge is 0.353 e. The highest BCUT2D eigenvalue weighted by atomic mass is 35.5. The van der Waals surface area contributed by atoms with Crippen molar-refractivity contribution in [3.05, 3.63) is 0 Å². The van der Waals surface area contributed by atoms with Crippen LogP contribution in [0.1, 0.15) is 70.6 Å². The Balaban J connectivity index is 1.41. The second-order valence-electron chi connectivity index (χ2n) is 10.4. The molecule has 3 aliphatic carbocycles. The Labute approximate surface area is 215 Å². The number of aliphatic imine (C=N–C) groups is 1. The number of alkyl halides is 5. The third-order valence-electron chi connectivity index (χ3n) is 7.66. The minimum absolute atomic E-state index is 0.0968. The summed E-state index contributed by atoms with van der Waals surface area (Å²) in [6.07, 6.45) is 4.89. The summed E-state index contributed by atoms with van der Waals surface area (Å²) in [6, 6.07) is 0.00832. The fourth-order valence-electron chi connectivity index (χ4n) is 5.78. The average Bonchev–Trinajstić information content (AvgIpc) is 3.23. The molecular weight excluding hydrogens is 507 g/mol. The van der Waals surface area contributed by atoms with Gasteiger partial charge in [0.15, 0.2) is 5.96 Å². The predicted molar refractivity (Wildman–Crippen MR) is 133 cm³/mol. The van der Waals surface area contributed by atoms with Crippen molar-refractivity contribution in [3.63, 3.8) is 0 Å². The van der Waals surface area contributed by atoms with Crippen molar-refractivity contribution in [3.8, 4) is 0 Å². The zero-order valence-electron chi connectivity index (χ0n) is 19.3. The van der Waals surface area contributed by atoms with E-state index in [9.17, 15) is 13.6 Å². The Morgan fingerprint density at radius 2 is 1.71 bits per heavy atom. The van der Waals surface area contributed by atoms with Crippen LogP contribution in [0.15, 0.2) is 4.99 Å². The fourth-order valence-corrected chi connectivity index (χ4v) is 6.80. The van der Waals surface area contributed by atoms with Crippen LogP contribution in [0.25, 0.3) is 0 Å². The number of carbonyl (C=O) groups is 1. The molecule has 4 rings (SSSR count). The van der Waals surface area contributed by atoms with Crippen molar-refractivity contribution >= 4 is 46.7 Å². The number of nitrogens with one attached hydrogen (secondary N) is 4. The Kier molecular flexibility index (Phi) is 9.58. The van der Waals surface area contributed by atoms with Crippen LogP contribution in [0, 0.1) is 11.8 Å². The molecule has 1 heterocycles. The SMILES string of the molecule is O=C(N/C(=N\C1CC(C2CCCC(Cl)C2)NN1)NC1CC(F)CC(Cl)C1)C1CCC(Cl)C(F)C1. The Morgan fingerprint density at radius 1 is 0.882 bits per heavy atom. The normalized spacial score (nSPS) is 44.0. The first kappa shape index (κ1) is 26.6. The first-order valence-corrected chi connectivity index (χ1v) is 13.9. The van der Waals surface area contributed by atoms with E-state index in [2.05, 4.69) is 21.5 Å². The van der Waals surface area contributed by atoms with Gasteiger partial charge in [0.2, 0.25) is 5.91 Å². The number of hydrogen-bond acceptors (Lipinski definition) is 4. The van der Waals surface area contributed by atoms with Crippen LogP contribution in [-0.2, 0) is 4.79 Å². The van der Waals surface area contributed by atoms with Gasteiger partial charge in [0.1, 0.15) is 18.5 Å². The molecule has 0 aromatic rings. The predicted octanol–water partition coefficient (Wildman–Crippen LogP) is 4.28. The molecule has 4 aliphatic rings. The van der Waals surface area contributed by atoms with E-state index in [1.807, 2.05) is 0 Å². The monoisotopic (exact) mass is 541 g/mol. The third-order valence-corrected chi connectivity index (χ3v) is 8.90. The molecule has 1 aliphatic heterocycles. The summed E-state index contributed by atoms with van der Waals surface area (Å²) in [4.78, 5) is 17.7. The van der Waals surface area contributed by atoms with Gasteiger partial charge in [-0.1, -0.05) is 6.42 Å². The van der Waals surface area contributed by atoms with Crippen molar-refractivity contribution in [2.24, 2.45) is 16.8 Å². The van der Waals surface area contributed by atoms with Gasteiger partial charge in [0.05, 0.1) is 5.38 Å². The standard InChI is InChI=1S/C23H36Cl3F2N5O/c24-14-3-1-2-12(6-14)20-11-21(33-32-20)30-23(29-17-9-15(25)8-16(27)10-17)31-22(34)13-4-5-18(26)19(28)7-13/h12-21,32-33H,1-11H2,(H2,29,30,31,34). The minimum atomic E-state index is -1.20. The van der Waals surface area contributed by atoms with E-state index in [4.69, 9.17) is 39.8 Å². The molecule has 1 saturated heterocycles. The molecule has 1 amide bonds. The van der Waals surface area contributed by atoms with Gasteiger partial charge >= 0.3 is 0 Å². The number of hydrazine groups is 1. The maximum atomic E-state index is 14.1. The van der Waals surface area contributed by atoms with Gasteiger partial charge in [-0.3, -0.25) is 15.5 Å². The lowest BCUT2D eigenvalue weighted by Crippen LogP contribution is -2.51. The molecule has 4 N–H and O–H groups in total. The molecule has 4 fully saturated rings. The van der Waals surface area contributed by atoms with Crippen molar-refractivity contribution < 1.29 is 13.6 Å². The summed E-state index contributed by atoms with van der Waals surface area (Å²) in [5.41, 5.74) is 6.57. The van der Waals surface area contributed by atoms with E-state index in [1.54, 1.807) is 0 Å². The van der Waals surface area contributed by atoms with Crippen LogP contribution in [0.4, 0.5) is 8.78 Å². The first-order chi connectivity index (χ1) is 16.3. The summed E-state index contributed by atoms with van der Waals surface area (Å²) >= 11 is 18.6. The molecule has 0 aromatic carbocycles. The fraction of sp³-hybridized carbons (Fsp3) is 0.913. The maximum absolute atomic E-state index is 14.1. The highest BCUT2D eigenvalue weighted by Crippen LogP contribution is 2.33. The van der Waals surface area contributed by atoms with Crippen molar-refractivity contribution in [1.29, 1.82) is 0 Å². The van der Waals surface area contributed by atoms with Gasteiger partial charge in [0.25, 0.3) is 0 Å². The summed E-state index contributed by atoms with van der Waals surface area (Å²) in [5, 5.41) is 5.48. The molecule has 0 aromatic heterocycles. The topological polar surface area (TPSA) is 77.5 Å². The van der Waals surface area contributed by atoms with Gasteiger partial charge in [-0.15, -0.1) is 34.8 Å². The van der Waals surface area contributed by atoms with Crippen molar-refractivity contribution in [2.75, 3.05) is 0 Å². The smallest absolute Gasteiger partial charge is 0.229 e. The quantitative estimate of drug-likeness (QED) is 0.243. The number of nitrogens with zero attached hydrogens (tertiary/aromatic N) is 1. The van der Waals surface area contributed by atoms with E-state index < -0.39 is 23.6 Å². The molecular formula is C23H36Cl3F2N5O. The zero-order valence-corrected chi connectivity index (χ0v) is 21.6. The molecule has 10 unspecified atom stereocenters. The molecule has 10 atom stereocenters. The number of halogens is 5. The molecule has 0 radical (unpaired) electrons. The molecule has 11 heteroatoms. The molecule has 34 heavy (non-hydrogen) atoms. The number of guanidine groups is 1. The lowest BCUT2D eigenvalue weighted by atomic mass is 9.83. The second kappa shape index (κ2) is 12.2. The van der Waals surface area contributed by atoms with Crippen LogP contribution in [0.3, 0.4) is 0 Å². The summed E-state index contributed by atoms with van der Waals surface area (Å²) in [6.45, 7) is 0. The summed E-state index contributed by atoms with van der Waals surface area (Å²) in [7, 11) is 0. The van der Waals surface area contributed by atoms with Gasteiger partial charge < -0.3 is 5.32 Å². The lowest BCUT2D eigenvalue weighted by Gasteiger charge is -2.31. The van der Waals surface area contributed by atoms with E-state index in [-0.39, 0.29) is 47.3 Å². The Morgan fingerprint density at radius 3 is 2.44 bits per heavy atom. The van der Waals surface area contributed by atoms with Crippen molar-refractivity contribution in [2.45, 2.75) is 117 Å². The number of carbonyl (C=O) groups excluding carboxylic acids is 1. The van der Waals surface area contributed by atoms with Crippen LogP contribution in [0.2, 0.25) is 0 Å². The van der Waals surface area contributed by atoms with E-state index in [0.717, 1.165) is 32.1 Å². The van der Waals surface area contributed by atoms with E-state index >= 15 is 0 Å². The van der Waals surface area contributed by atoms with E-state index in [1.165, 1.54) is 0 Å². The molecule has 0 bridgehead atoms. The van der Waals surface area contributed by atoms with Crippen LogP contribution in [0.5, 0.6) is 0 Å². The van der Waals surface area contributed by atoms with Gasteiger partial charge in [-0.05, 0) is 63.7 Å². The van der Waals surface area contributed by atoms with Crippen molar-refractivity contribution in [1.82, 2.24) is 21.5 Å². The molecule has 0 spiro atoms. The van der Waals surface area contributed by atoms with Gasteiger partial charge in [0, 0.05) is 35.2 Å². The summed E-state index contributed by atoms with van der Waals surface area (Å²) in [5.74, 6) is 0.00985. The Hall–Kier alpha value is -0.410. The van der Waals surface area contributed by atoms with E-state index in [0.29, 0.717) is 38.0 Å². The molecule has 3 saturated carbocycles. The van der Waals surface area contributed by atoms with Crippen LogP contribution < -0.4 is 21.5 Å². The Bertz CT molecular complexity index is 725. The zero-order chi connectivity index (χ0) is 24.2. The van der Waals surface area contributed by atoms with Crippen LogP contribution >= 0.6 is 34.8 Å². The highest BCUT2D eigenvalue weighted by molar-refractivity contribution is 6.21. The molecule has 6 nitrogen and oxygen atoms in total. The average molecular weight is 543 g/mol. The highest BCUT2D eigenvalue weighted by Gasteiger charge is 2.36. The lowest BCUT2D eigenvalue weighted by molar-refractivity contribution is -0.125. The third kappa shape index (κ3) is 7.31. The second-order valence-corrected chi connectivity index (χ2v) is 12.2. The van der Waals surface area contributed by atoms with Gasteiger partial charge in [-0.2, -0.15) is 0 Å². The number of amides is 1. The van der Waals surface area contributed by atoms with Crippen LogP contribution in [-0.4, -0.2) is 58.6 Å². The molecule has 194 valence electrons.